The van der Waals surface area contributed by atoms with Crippen LogP contribution in [0.5, 0.6) is 0 Å². The van der Waals surface area contributed by atoms with Gasteiger partial charge in [0.25, 0.3) is 15.9 Å². The van der Waals surface area contributed by atoms with E-state index in [1.54, 1.807) is 46.9 Å². The zero-order valence-corrected chi connectivity index (χ0v) is 21.7. The molecule has 2 aromatic carbocycles. The average molecular weight is 541 g/mol. The van der Waals surface area contributed by atoms with E-state index < -0.39 is 10.0 Å². The lowest BCUT2D eigenvalue weighted by Gasteiger charge is -2.32. The second-order valence-electron chi connectivity index (χ2n) is 8.61. The maximum atomic E-state index is 13.2. The van der Waals surface area contributed by atoms with Gasteiger partial charge in [0.2, 0.25) is 0 Å². The van der Waals surface area contributed by atoms with Gasteiger partial charge in [0.15, 0.2) is 0 Å². The molecule has 0 unspecified atom stereocenters. The van der Waals surface area contributed by atoms with Crippen molar-refractivity contribution in [3.05, 3.63) is 88.4 Å². The van der Waals surface area contributed by atoms with Crippen LogP contribution >= 0.6 is 22.9 Å². The number of hydrogen-bond acceptors (Lipinski definition) is 6. The molecule has 5 rings (SSSR count). The molecule has 186 valence electrons. The summed E-state index contributed by atoms with van der Waals surface area (Å²) in [6.07, 6.45) is 3.20. The Kier molecular flexibility index (Phi) is 7.25. The number of thiophene rings is 1. The maximum absolute atomic E-state index is 13.2. The summed E-state index contributed by atoms with van der Waals surface area (Å²) in [7, 11) is -3.58. The number of amides is 1. The molecule has 1 aliphatic rings. The summed E-state index contributed by atoms with van der Waals surface area (Å²) in [4.78, 5) is 17.5. The van der Waals surface area contributed by atoms with Crippen LogP contribution in [-0.2, 0) is 16.6 Å². The maximum Gasteiger partial charge on any atom is 0.252 e. The van der Waals surface area contributed by atoms with Crippen molar-refractivity contribution in [2.75, 3.05) is 18.4 Å². The number of anilines is 1. The zero-order chi connectivity index (χ0) is 25.1. The van der Waals surface area contributed by atoms with Crippen LogP contribution in [0.3, 0.4) is 0 Å². The summed E-state index contributed by atoms with van der Waals surface area (Å²) < 4.78 is 28.3. The van der Waals surface area contributed by atoms with Crippen LogP contribution in [0.2, 0.25) is 5.02 Å². The van der Waals surface area contributed by atoms with Gasteiger partial charge in [-0.2, -0.15) is 4.31 Å². The Hall–Kier alpha value is -2.98. The van der Waals surface area contributed by atoms with Gasteiger partial charge in [-0.1, -0.05) is 17.7 Å². The van der Waals surface area contributed by atoms with Crippen LogP contribution in [0.15, 0.2) is 77.1 Å². The van der Waals surface area contributed by atoms with Crippen LogP contribution < -0.4 is 10.6 Å². The highest BCUT2D eigenvalue weighted by Gasteiger charge is 2.30. The molecule has 0 bridgehead atoms. The van der Waals surface area contributed by atoms with Gasteiger partial charge < -0.3 is 10.6 Å². The molecule has 1 amide bonds. The highest BCUT2D eigenvalue weighted by molar-refractivity contribution is 7.91. The third-order valence-corrected chi connectivity index (χ3v) is 9.92. The Morgan fingerprint density at radius 1 is 1.03 bits per heavy atom. The van der Waals surface area contributed by atoms with E-state index in [0.717, 1.165) is 21.5 Å². The van der Waals surface area contributed by atoms with Crippen LogP contribution in [0.1, 0.15) is 28.1 Å². The summed E-state index contributed by atoms with van der Waals surface area (Å²) >= 11 is 7.06. The van der Waals surface area contributed by atoms with Crippen molar-refractivity contribution in [2.24, 2.45) is 0 Å². The van der Waals surface area contributed by atoms with Gasteiger partial charge >= 0.3 is 0 Å². The molecule has 4 aromatic rings. The van der Waals surface area contributed by atoms with E-state index in [4.69, 9.17) is 11.6 Å². The van der Waals surface area contributed by atoms with Gasteiger partial charge in [-0.15, -0.1) is 11.3 Å². The van der Waals surface area contributed by atoms with Gasteiger partial charge in [0.05, 0.1) is 12.1 Å². The largest absolute Gasteiger partial charge is 0.382 e. The number of pyridine rings is 1. The van der Waals surface area contributed by atoms with Gasteiger partial charge in [0, 0.05) is 51.9 Å². The smallest absolute Gasteiger partial charge is 0.252 e. The summed E-state index contributed by atoms with van der Waals surface area (Å²) in [5.74, 6) is -0.235. The highest BCUT2D eigenvalue weighted by Crippen LogP contribution is 2.29. The summed E-state index contributed by atoms with van der Waals surface area (Å²) in [6, 6.07) is 20.1. The van der Waals surface area contributed by atoms with Crippen LogP contribution in [0.25, 0.3) is 10.9 Å². The monoisotopic (exact) mass is 540 g/mol. The third-order valence-electron chi connectivity index (χ3n) is 6.22. The highest BCUT2D eigenvalue weighted by atomic mass is 35.5. The zero-order valence-electron chi connectivity index (χ0n) is 19.4. The summed E-state index contributed by atoms with van der Waals surface area (Å²) in [5.41, 5.74) is 2.45. The minimum Gasteiger partial charge on any atom is -0.382 e. The molecule has 0 spiro atoms. The summed E-state index contributed by atoms with van der Waals surface area (Å²) in [6.45, 7) is 1.15. The molecule has 2 N–H and O–H groups in total. The molecule has 1 fully saturated rings. The van der Waals surface area contributed by atoms with Crippen LogP contribution in [-0.4, -0.2) is 42.7 Å². The number of piperidine rings is 1. The first-order chi connectivity index (χ1) is 17.4. The minimum atomic E-state index is -3.58. The molecule has 10 heteroatoms. The van der Waals surface area contributed by atoms with Crippen molar-refractivity contribution in [1.29, 1.82) is 0 Å². The quantitative estimate of drug-likeness (QED) is 0.338. The van der Waals surface area contributed by atoms with E-state index in [1.165, 1.54) is 11.3 Å². The molecule has 0 radical (unpaired) electrons. The Labute approximate surface area is 219 Å². The second-order valence-corrected chi connectivity index (χ2v) is 12.4. The molecule has 7 nitrogen and oxygen atoms in total. The number of aromatic nitrogens is 1. The minimum absolute atomic E-state index is 0.184. The number of carbonyl (C=O) groups excluding carboxylic acids is 1. The van der Waals surface area contributed by atoms with E-state index in [1.807, 2.05) is 30.3 Å². The first kappa shape index (κ1) is 24.7. The number of benzene rings is 2. The Morgan fingerprint density at radius 2 is 1.81 bits per heavy atom. The van der Waals surface area contributed by atoms with Crippen molar-refractivity contribution in [3.63, 3.8) is 0 Å². The van der Waals surface area contributed by atoms with E-state index in [0.29, 0.717) is 40.7 Å². The first-order valence-corrected chi connectivity index (χ1v) is 14.3. The lowest BCUT2D eigenvalue weighted by atomic mass is 10.1. The normalized spacial score (nSPS) is 15.1. The van der Waals surface area contributed by atoms with Crippen molar-refractivity contribution in [2.45, 2.75) is 29.6 Å². The number of rotatable bonds is 7. The van der Waals surface area contributed by atoms with Crippen LogP contribution in [0, 0.1) is 0 Å². The lowest BCUT2D eigenvalue weighted by Crippen LogP contribution is -2.42. The first-order valence-electron chi connectivity index (χ1n) is 11.6. The number of sulfonamides is 1. The van der Waals surface area contributed by atoms with E-state index in [-0.39, 0.29) is 18.5 Å². The Morgan fingerprint density at radius 3 is 2.58 bits per heavy atom. The van der Waals surface area contributed by atoms with E-state index >= 15 is 0 Å². The topological polar surface area (TPSA) is 91.4 Å². The molecular weight excluding hydrogens is 516 g/mol. The second kappa shape index (κ2) is 10.6. The Bertz CT molecular complexity index is 1480. The number of carbonyl (C=O) groups is 1. The number of hydrogen-bond donors (Lipinski definition) is 2. The van der Waals surface area contributed by atoms with Crippen molar-refractivity contribution < 1.29 is 13.2 Å². The number of halogens is 1. The fraction of sp³-hybridized carbons (Fsp3) is 0.231. The van der Waals surface area contributed by atoms with E-state index in [9.17, 15) is 13.2 Å². The number of nitrogens with zero attached hydrogens (tertiary/aromatic N) is 2. The lowest BCUT2D eigenvalue weighted by molar-refractivity contribution is 0.0951. The number of fused-ring (bicyclic) bond motifs is 1. The molecule has 1 saturated heterocycles. The molecule has 0 atom stereocenters. The van der Waals surface area contributed by atoms with Gasteiger partial charge in [0.1, 0.15) is 4.21 Å². The van der Waals surface area contributed by atoms with E-state index in [2.05, 4.69) is 15.6 Å². The molecule has 36 heavy (non-hydrogen) atoms. The number of nitrogens with one attached hydrogen (secondary N) is 2. The molecule has 1 aliphatic heterocycles. The Balaban J connectivity index is 1.18. The van der Waals surface area contributed by atoms with Crippen molar-refractivity contribution in [3.8, 4) is 0 Å². The third kappa shape index (κ3) is 5.39. The van der Waals surface area contributed by atoms with Crippen molar-refractivity contribution >= 4 is 55.5 Å². The average Bonchev–Trinajstić information content (AvgIpc) is 3.38. The molecule has 3 heterocycles. The predicted octanol–water partition coefficient (Wildman–Crippen LogP) is 5.14. The predicted molar refractivity (Wildman–Crippen MR) is 144 cm³/mol. The molecule has 0 saturated carbocycles. The van der Waals surface area contributed by atoms with Gasteiger partial charge in [-0.3, -0.25) is 9.78 Å². The summed E-state index contributed by atoms with van der Waals surface area (Å²) in [5, 5.41) is 8.03. The fourth-order valence-corrected chi connectivity index (χ4v) is 7.32. The molecular formula is C26H25ClN4O3S2. The van der Waals surface area contributed by atoms with Gasteiger partial charge in [-0.25, -0.2) is 8.42 Å². The standard InChI is InChI=1S/C26H25ClN4O3S2/c27-19-8-6-18(7-9-19)26(32)29-17-21-10-11-25(35-21)36(33,34)31-15-12-20(13-16-31)30-24-5-1-4-23-22(24)3-2-14-28-23/h1-11,14,20,30H,12-13,15-17H2,(H,29,32). The van der Waals surface area contributed by atoms with Gasteiger partial charge in [-0.05, 0) is 73.5 Å². The SMILES string of the molecule is O=C(NCc1ccc(S(=O)(=O)N2CCC(Nc3cccc4ncccc34)CC2)s1)c1ccc(Cl)cc1. The molecule has 0 aliphatic carbocycles. The molecule has 2 aromatic heterocycles. The van der Waals surface area contributed by atoms with Crippen LogP contribution in [0.4, 0.5) is 5.69 Å². The van der Waals surface area contributed by atoms with Crippen molar-refractivity contribution in [1.82, 2.24) is 14.6 Å². The fourth-order valence-electron chi connectivity index (χ4n) is 4.28.